The molecule has 1 spiro atoms. The van der Waals surface area contributed by atoms with Crippen LogP contribution in [0.1, 0.15) is 112 Å². The van der Waals surface area contributed by atoms with E-state index < -0.39 is 35.0 Å². The summed E-state index contributed by atoms with van der Waals surface area (Å²) < 4.78 is 18.8. The third-order valence-electron chi connectivity index (χ3n) is 12.3. The molecule has 6 aliphatic rings. The molecule has 11 nitrogen and oxygen atoms in total. The lowest BCUT2D eigenvalue weighted by Crippen LogP contribution is -2.70. The van der Waals surface area contributed by atoms with Crippen LogP contribution < -0.4 is 10.6 Å². The van der Waals surface area contributed by atoms with E-state index in [9.17, 15) is 19.2 Å². The smallest absolute Gasteiger partial charge is 0.338 e. The zero-order valence-corrected chi connectivity index (χ0v) is 29.3. The van der Waals surface area contributed by atoms with Gasteiger partial charge in [0.25, 0.3) is 5.91 Å². The molecule has 1 saturated carbocycles. The maximum Gasteiger partial charge on any atom is 0.338 e. The van der Waals surface area contributed by atoms with Crippen LogP contribution in [-0.2, 0) is 39.0 Å². The molecular formula is C39H48N2O9. The summed E-state index contributed by atoms with van der Waals surface area (Å²) >= 11 is 0. The number of amides is 3. The Bertz CT molecular complexity index is 1650. The number of nitrogens with one attached hydrogen (secondary N) is 2. The molecule has 2 bridgehead atoms. The maximum absolute atomic E-state index is 13.4. The van der Waals surface area contributed by atoms with Crippen LogP contribution in [0.3, 0.4) is 0 Å². The van der Waals surface area contributed by atoms with Gasteiger partial charge in [0.15, 0.2) is 11.9 Å². The van der Waals surface area contributed by atoms with Gasteiger partial charge in [0.1, 0.15) is 0 Å². The molecule has 4 unspecified atom stereocenters. The Kier molecular flexibility index (Phi) is 9.38. The Hall–Kier alpha value is -3.64. The number of carbonyl (C=O) groups is 4. The van der Waals surface area contributed by atoms with E-state index in [0.29, 0.717) is 43.2 Å². The fourth-order valence-electron chi connectivity index (χ4n) is 9.33. The van der Waals surface area contributed by atoms with Gasteiger partial charge in [0.2, 0.25) is 17.6 Å². The third kappa shape index (κ3) is 5.95. The zero-order valence-electron chi connectivity index (χ0n) is 29.3. The average molecular weight is 689 g/mol. The summed E-state index contributed by atoms with van der Waals surface area (Å²) in [7, 11) is 0. The minimum absolute atomic E-state index is 0.0819. The lowest BCUT2D eigenvalue weighted by atomic mass is 9.57. The molecule has 3 amide bonds. The summed E-state index contributed by atoms with van der Waals surface area (Å²) in [6.07, 6.45) is 5.85. The van der Waals surface area contributed by atoms with E-state index >= 15 is 0 Å². The Morgan fingerprint density at radius 2 is 1.72 bits per heavy atom. The van der Waals surface area contributed by atoms with Gasteiger partial charge in [-0.2, -0.15) is 0 Å². The van der Waals surface area contributed by atoms with Gasteiger partial charge in [0, 0.05) is 24.4 Å². The summed E-state index contributed by atoms with van der Waals surface area (Å²) in [5, 5.41) is 5.32. The molecule has 8 rings (SSSR count). The van der Waals surface area contributed by atoms with Crippen molar-refractivity contribution in [2.75, 3.05) is 11.9 Å². The van der Waals surface area contributed by atoms with E-state index in [4.69, 9.17) is 24.0 Å². The van der Waals surface area contributed by atoms with Crippen molar-refractivity contribution in [3.8, 4) is 0 Å². The normalized spacial score (nSPS) is 36.2. The van der Waals surface area contributed by atoms with Gasteiger partial charge in [-0.15, -0.1) is 0 Å². The van der Waals surface area contributed by atoms with Gasteiger partial charge in [-0.1, -0.05) is 45.0 Å². The number of imide groups is 1. The molecule has 5 saturated heterocycles. The largest absolute Gasteiger partial charge is 0.462 e. The summed E-state index contributed by atoms with van der Waals surface area (Å²) in [6, 6.07) is 13.6. The molecule has 1 aliphatic carbocycles. The Morgan fingerprint density at radius 3 is 2.46 bits per heavy atom. The number of esters is 1. The Labute approximate surface area is 293 Å². The molecule has 5 heterocycles. The highest BCUT2D eigenvalue weighted by molar-refractivity contribution is 6.11. The minimum Gasteiger partial charge on any atom is -0.462 e. The van der Waals surface area contributed by atoms with Crippen molar-refractivity contribution in [2.45, 2.75) is 115 Å². The summed E-state index contributed by atoms with van der Waals surface area (Å²) in [5.41, 5.74) is 0.270. The Morgan fingerprint density at radius 1 is 0.960 bits per heavy atom. The van der Waals surface area contributed by atoms with E-state index in [2.05, 4.69) is 24.5 Å². The first-order valence-corrected chi connectivity index (χ1v) is 18.2. The highest BCUT2D eigenvalue weighted by Gasteiger charge is 2.69. The molecule has 2 aromatic rings. The summed E-state index contributed by atoms with van der Waals surface area (Å²) in [4.78, 5) is 63.3. The molecule has 268 valence electrons. The maximum atomic E-state index is 13.4. The van der Waals surface area contributed by atoms with Gasteiger partial charge < -0.3 is 19.5 Å². The first-order valence-electron chi connectivity index (χ1n) is 18.2. The third-order valence-corrected chi connectivity index (χ3v) is 12.3. The van der Waals surface area contributed by atoms with Gasteiger partial charge in [0.05, 0.1) is 29.3 Å². The van der Waals surface area contributed by atoms with Crippen LogP contribution in [0.5, 0.6) is 0 Å². The van der Waals surface area contributed by atoms with Crippen LogP contribution in [-0.4, -0.2) is 54.1 Å². The zero-order chi connectivity index (χ0) is 35.3. The quantitative estimate of drug-likeness (QED) is 0.136. The van der Waals surface area contributed by atoms with E-state index in [-0.39, 0.29) is 53.9 Å². The Balaban J connectivity index is 0.957. The van der Waals surface area contributed by atoms with Crippen LogP contribution in [0.25, 0.3) is 0 Å². The van der Waals surface area contributed by atoms with Crippen molar-refractivity contribution in [3.63, 3.8) is 0 Å². The fourth-order valence-corrected chi connectivity index (χ4v) is 9.33. The highest BCUT2D eigenvalue weighted by atomic mass is 17.3. The van der Waals surface area contributed by atoms with Gasteiger partial charge >= 0.3 is 5.97 Å². The van der Waals surface area contributed by atoms with Crippen LogP contribution in [0.2, 0.25) is 0 Å². The molecule has 50 heavy (non-hydrogen) atoms. The number of piperidine rings is 1. The molecule has 2 N–H and O–H groups in total. The number of anilines is 1. The van der Waals surface area contributed by atoms with Crippen molar-refractivity contribution >= 4 is 29.4 Å². The van der Waals surface area contributed by atoms with E-state index in [0.717, 1.165) is 31.2 Å². The van der Waals surface area contributed by atoms with E-state index in [1.54, 1.807) is 48.5 Å². The van der Waals surface area contributed by atoms with Crippen LogP contribution in [0, 0.1) is 23.7 Å². The number of hydrogen-bond acceptors (Lipinski definition) is 9. The lowest BCUT2D eigenvalue weighted by Gasteiger charge is -2.60. The second-order valence-electron chi connectivity index (χ2n) is 15.1. The number of carbonyl (C=O) groups excluding carboxylic acids is 4. The van der Waals surface area contributed by atoms with Gasteiger partial charge in [-0.05, 0) is 99.5 Å². The monoisotopic (exact) mass is 688 g/mol. The van der Waals surface area contributed by atoms with Gasteiger partial charge in [-0.3, -0.25) is 19.7 Å². The van der Waals surface area contributed by atoms with Crippen molar-refractivity contribution in [3.05, 3.63) is 65.2 Å². The van der Waals surface area contributed by atoms with Crippen molar-refractivity contribution in [1.82, 2.24) is 5.32 Å². The number of fused-ring (bicyclic) bond motifs is 2. The molecule has 5 aliphatic heterocycles. The average Bonchev–Trinajstić information content (AvgIpc) is 3.35. The van der Waals surface area contributed by atoms with Crippen LogP contribution >= 0.6 is 0 Å². The summed E-state index contributed by atoms with van der Waals surface area (Å²) in [5.74, 6) is -1.16. The molecular weight excluding hydrogens is 640 g/mol. The van der Waals surface area contributed by atoms with Crippen molar-refractivity contribution in [2.24, 2.45) is 23.7 Å². The second-order valence-corrected chi connectivity index (χ2v) is 15.1. The minimum atomic E-state index is -0.824. The van der Waals surface area contributed by atoms with Crippen LogP contribution in [0.4, 0.5) is 5.69 Å². The summed E-state index contributed by atoms with van der Waals surface area (Å²) in [6.45, 7) is 8.55. The topological polar surface area (TPSA) is 138 Å². The van der Waals surface area contributed by atoms with Crippen molar-refractivity contribution < 1.29 is 43.2 Å². The molecule has 0 aromatic heterocycles. The van der Waals surface area contributed by atoms with Crippen molar-refractivity contribution in [1.29, 1.82) is 0 Å². The predicted molar refractivity (Wildman–Crippen MR) is 182 cm³/mol. The SMILES string of the molecule is CCC1(c2ccc(NC(=O)c3ccccc3C(=O)OCCC[C@H]3O[C@@H]4OC5(C)CCC6[C@H](C)CC[C@@H]([C@H]3C)C64OO5)cc2)CCC(=O)NC1=O. The first-order chi connectivity index (χ1) is 24.0. The van der Waals surface area contributed by atoms with Gasteiger partial charge in [-0.25, -0.2) is 14.6 Å². The molecule has 11 heteroatoms. The van der Waals surface area contributed by atoms with E-state index in [1.165, 1.54) is 0 Å². The lowest BCUT2D eigenvalue weighted by molar-refractivity contribution is -0.571. The number of rotatable bonds is 9. The standard InChI is InChI=1S/C39H48N2O9/c1-5-38(21-19-32(42)41-35(38)45)25-13-15-26(16-14-25)40-33(43)27-9-6-7-10-28(27)34(44)46-22-8-11-31-24(3)30-17-12-23(2)29-18-20-37(4)48-36(47-31)39(29,30)50-49-37/h6-7,9-10,13-16,23-24,29-31,36H,5,8,11-12,17-22H2,1-4H3,(H,40,43)(H,41,42,45)/t23-,24-,29?,30+,31-,36-,37?,38?,39?/m1/s1. The van der Waals surface area contributed by atoms with Crippen LogP contribution in [0.15, 0.2) is 48.5 Å². The number of hydrogen-bond donors (Lipinski definition) is 2. The predicted octanol–water partition coefficient (Wildman–Crippen LogP) is 6.21. The fraction of sp³-hybridized carbons (Fsp3) is 0.590. The first kappa shape index (κ1) is 34.8. The van der Waals surface area contributed by atoms with E-state index in [1.807, 2.05) is 13.8 Å². The second kappa shape index (κ2) is 13.5. The molecule has 9 atom stereocenters. The molecule has 2 aromatic carbocycles. The molecule has 0 radical (unpaired) electrons. The highest BCUT2D eigenvalue weighted by Crippen LogP contribution is 2.60. The number of ether oxygens (including phenoxy) is 3. The molecule has 6 fully saturated rings. The number of benzene rings is 2.